The van der Waals surface area contributed by atoms with E-state index in [2.05, 4.69) is 0 Å². The zero-order chi connectivity index (χ0) is 15.5. The Morgan fingerprint density at radius 1 is 1.14 bits per heavy atom. The highest BCUT2D eigenvalue weighted by atomic mass is 32.2. The Bertz CT molecular complexity index is 470. The lowest BCUT2D eigenvalue weighted by Crippen LogP contribution is -2.49. The van der Waals surface area contributed by atoms with E-state index in [1.165, 1.54) is 4.72 Å². The molecule has 0 aliphatic carbocycles. The first kappa shape index (κ1) is 16.6. The third kappa shape index (κ3) is 4.33. The number of carbonyl (C=O) groups excluding carboxylic acids is 1. The molecule has 0 aromatic heterocycles. The molecule has 21 heavy (non-hydrogen) atoms. The number of alkyl halides is 2. The maximum Gasteiger partial charge on any atom is 0.328 e. The van der Waals surface area contributed by atoms with Gasteiger partial charge < -0.3 is 9.47 Å². The summed E-state index contributed by atoms with van der Waals surface area (Å²) >= 11 is 0. The van der Waals surface area contributed by atoms with Crippen molar-refractivity contribution in [1.29, 1.82) is 0 Å². The van der Waals surface area contributed by atoms with Crippen LogP contribution in [0.2, 0.25) is 0 Å². The largest absolute Gasteiger partial charge is 0.381 e. The minimum Gasteiger partial charge on any atom is -0.381 e. The minimum atomic E-state index is -4.08. The van der Waals surface area contributed by atoms with Gasteiger partial charge in [-0.1, -0.05) is 0 Å². The predicted octanol–water partition coefficient (Wildman–Crippen LogP) is 0.531. The fourth-order valence-electron chi connectivity index (χ4n) is 2.52. The smallest absolute Gasteiger partial charge is 0.328 e. The van der Waals surface area contributed by atoms with Gasteiger partial charge in [0.05, 0.1) is 12.4 Å². The summed E-state index contributed by atoms with van der Waals surface area (Å²) in [5.41, 5.74) is 0. The number of ether oxygens (including phenoxy) is 2. The lowest BCUT2D eigenvalue weighted by molar-refractivity contribution is -0.157. The SMILES string of the molecule is O=C(NS(=O)(=O)CC1CCOC1)C(F)(F)C1CCOCC1. The van der Waals surface area contributed by atoms with Crippen LogP contribution < -0.4 is 4.72 Å². The molecule has 9 heteroatoms. The summed E-state index contributed by atoms with van der Waals surface area (Å²) in [5, 5.41) is 0. The summed E-state index contributed by atoms with van der Waals surface area (Å²) in [6, 6.07) is 0. The third-order valence-corrected chi connectivity index (χ3v) is 5.17. The molecular weight excluding hydrogens is 308 g/mol. The number of carbonyl (C=O) groups is 1. The summed E-state index contributed by atoms with van der Waals surface area (Å²) in [5.74, 6) is -7.26. The van der Waals surface area contributed by atoms with Gasteiger partial charge in [0.25, 0.3) is 0 Å². The molecule has 1 unspecified atom stereocenters. The fraction of sp³-hybridized carbons (Fsp3) is 0.917. The molecule has 0 aromatic carbocycles. The lowest BCUT2D eigenvalue weighted by Gasteiger charge is -2.28. The maximum absolute atomic E-state index is 14.0. The van der Waals surface area contributed by atoms with E-state index in [-0.39, 0.29) is 44.3 Å². The molecule has 2 aliphatic heterocycles. The quantitative estimate of drug-likeness (QED) is 0.797. The molecule has 1 N–H and O–H groups in total. The van der Waals surface area contributed by atoms with E-state index >= 15 is 0 Å². The summed E-state index contributed by atoms with van der Waals surface area (Å²) in [6.45, 7) is 1.03. The van der Waals surface area contributed by atoms with E-state index in [0.29, 0.717) is 13.0 Å². The molecule has 2 fully saturated rings. The van der Waals surface area contributed by atoms with Crippen LogP contribution in [0.15, 0.2) is 0 Å². The van der Waals surface area contributed by atoms with Crippen LogP contribution in [0, 0.1) is 11.8 Å². The molecule has 0 spiro atoms. The van der Waals surface area contributed by atoms with Gasteiger partial charge in [0, 0.05) is 31.7 Å². The summed E-state index contributed by atoms with van der Waals surface area (Å²) < 4.78 is 63.0. The molecule has 122 valence electrons. The number of hydrogen-bond donors (Lipinski definition) is 1. The van der Waals surface area contributed by atoms with Crippen LogP contribution in [0.3, 0.4) is 0 Å². The topological polar surface area (TPSA) is 81.7 Å². The van der Waals surface area contributed by atoms with Crippen molar-refractivity contribution in [2.75, 3.05) is 32.2 Å². The Labute approximate surface area is 122 Å². The number of sulfonamides is 1. The number of hydrogen-bond acceptors (Lipinski definition) is 5. The molecule has 6 nitrogen and oxygen atoms in total. The van der Waals surface area contributed by atoms with Crippen LogP contribution in [-0.4, -0.2) is 52.4 Å². The third-order valence-electron chi connectivity index (χ3n) is 3.76. The standard InChI is InChI=1S/C12H19F2NO5S/c13-12(14,10-2-5-19-6-3-10)11(16)15-21(17,18)8-9-1-4-20-7-9/h9-10H,1-8H2,(H,15,16). The van der Waals surface area contributed by atoms with Crippen LogP contribution in [0.4, 0.5) is 8.78 Å². The normalized spacial score (nSPS) is 25.0. The molecular formula is C12H19F2NO5S. The molecule has 2 aliphatic rings. The molecule has 2 heterocycles. The minimum absolute atomic E-state index is 0.0386. The van der Waals surface area contributed by atoms with Crippen LogP contribution in [0.25, 0.3) is 0 Å². The van der Waals surface area contributed by atoms with Crippen molar-refractivity contribution in [3.05, 3.63) is 0 Å². The monoisotopic (exact) mass is 327 g/mol. The second kappa shape index (κ2) is 6.53. The van der Waals surface area contributed by atoms with Gasteiger partial charge in [0.2, 0.25) is 10.0 Å². The van der Waals surface area contributed by atoms with E-state index in [4.69, 9.17) is 9.47 Å². The Kier molecular flexibility index (Phi) is 5.15. The summed E-state index contributed by atoms with van der Waals surface area (Å²) in [4.78, 5) is 11.6. The first-order valence-electron chi connectivity index (χ1n) is 6.89. The lowest BCUT2D eigenvalue weighted by atomic mass is 9.92. The Hall–Kier alpha value is -0.800. The molecule has 0 saturated carbocycles. The number of amides is 1. The molecule has 0 aromatic rings. The second-order valence-electron chi connectivity index (χ2n) is 5.45. The van der Waals surface area contributed by atoms with Crippen LogP contribution in [0.5, 0.6) is 0 Å². The molecule has 1 amide bonds. The highest BCUT2D eigenvalue weighted by Crippen LogP contribution is 2.32. The van der Waals surface area contributed by atoms with E-state index < -0.39 is 27.8 Å². The molecule has 1 atom stereocenters. The van der Waals surface area contributed by atoms with Gasteiger partial charge in [-0.15, -0.1) is 0 Å². The van der Waals surface area contributed by atoms with Crippen molar-refractivity contribution in [2.45, 2.75) is 25.2 Å². The van der Waals surface area contributed by atoms with E-state index in [9.17, 15) is 22.0 Å². The highest BCUT2D eigenvalue weighted by Gasteiger charge is 2.48. The predicted molar refractivity (Wildman–Crippen MR) is 69.3 cm³/mol. The fourth-order valence-corrected chi connectivity index (χ4v) is 3.91. The Morgan fingerprint density at radius 3 is 2.33 bits per heavy atom. The van der Waals surface area contributed by atoms with Gasteiger partial charge in [0.15, 0.2) is 0 Å². The summed E-state index contributed by atoms with van der Waals surface area (Å²) in [6.07, 6.45) is 0.624. The van der Waals surface area contributed by atoms with Crippen LogP contribution >= 0.6 is 0 Å². The van der Waals surface area contributed by atoms with Gasteiger partial charge in [-0.25, -0.2) is 13.1 Å². The number of halogens is 2. The molecule has 2 rings (SSSR count). The van der Waals surface area contributed by atoms with E-state index in [0.717, 1.165) is 0 Å². The Morgan fingerprint density at radius 2 is 1.76 bits per heavy atom. The van der Waals surface area contributed by atoms with Gasteiger partial charge in [-0.2, -0.15) is 8.78 Å². The number of nitrogens with one attached hydrogen (secondary N) is 1. The second-order valence-corrected chi connectivity index (χ2v) is 7.22. The van der Waals surface area contributed by atoms with Crippen molar-refractivity contribution >= 4 is 15.9 Å². The van der Waals surface area contributed by atoms with Gasteiger partial charge in [-0.05, 0) is 19.3 Å². The first-order chi connectivity index (χ1) is 9.81. The van der Waals surface area contributed by atoms with E-state index in [1.54, 1.807) is 0 Å². The van der Waals surface area contributed by atoms with Gasteiger partial charge >= 0.3 is 11.8 Å². The van der Waals surface area contributed by atoms with Gasteiger partial charge in [-0.3, -0.25) is 4.79 Å². The first-order valence-corrected chi connectivity index (χ1v) is 8.55. The maximum atomic E-state index is 14.0. The van der Waals surface area contributed by atoms with Crippen LogP contribution in [0.1, 0.15) is 19.3 Å². The van der Waals surface area contributed by atoms with Crippen molar-refractivity contribution in [2.24, 2.45) is 11.8 Å². The molecule has 0 radical (unpaired) electrons. The number of rotatable bonds is 5. The average molecular weight is 327 g/mol. The zero-order valence-electron chi connectivity index (χ0n) is 11.5. The van der Waals surface area contributed by atoms with Gasteiger partial charge in [0.1, 0.15) is 0 Å². The summed E-state index contributed by atoms with van der Waals surface area (Å²) in [7, 11) is -4.08. The van der Waals surface area contributed by atoms with Crippen LogP contribution in [-0.2, 0) is 24.3 Å². The molecule has 2 saturated heterocycles. The van der Waals surface area contributed by atoms with Crippen molar-refractivity contribution < 1.29 is 31.5 Å². The average Bonchev–Trinajstić information content (AvgIpc) is 2.91. The zero-order valence-corrected chi connectivity index (χ0v) is 12.3. The van der Waals surface area contributed by atoms with E-state index in [1.807, 2.05) is 0 Å². The van der Waals surface area contributed by atoms with Crippen molar-refractivity contribution in [3.63, 3.8) is 0 Å². The molecule has 0 bridgehead atoms. The van der Waals surface area contributed by atoms with Crippen molar-refractivity contribution in [3.8, 4) is 0 Å². The van der Waals surface area contributed by atoms with Crippen molar-refractivity contribution in [1.82, 2.24) is 4.72 Å². The Balaban J connectivity index is 1.94. The highest BCUT2D eigenvalue weighted by molar-refractivity contribution is 7.90.